The van der Waals surface area contributed by atoms with Crippen LogP contribution in [0, 0.1) is 0 Å². The van der Waals surface area contributed by atoms with Crippen LogP contribution in [0.5, 0.6) is 0 Å². The molecule has 0 aliphatic carbocycles. The highest BCUT2D eigenvalue weighted by Gasteiger charge is 2.33. The summed E-state index contributed by atoms with van der Waals surface area (Å²) in [6.07, 6.45) is 2.77. The molecule has 0 saturated carbocycles. The Morgan fingerprint density at radius 1 is 1.21 bits per heavy atom. The third-order valence-electron chi connectivity index (χ3n) is 2.71. The van der Waals surface area contributed by atoms with Crippen LogP contribution in [0.15, 0.2) is 0 Å². The lowest BCUT2D eigenvalue weighted by molar-refractivity contribution is -0.144. The number of nitrogens with one attached hydrogen (secondary N) is 2. The van der Waals surface area contributed by atoms with E-state index < -0.39 is 17.5 Å². The number of carbonyl (C=O) groups excluding carboxylic acids is 1. The number of hydrogen-bond acceptors (Lipinski definition) is 3. The van der Waals surface area contributed by atoms with Crippen molar-refractivity contribution in [1.29, 1.82) is 0 Å². The highest BCUT2D eigenvalue weighted by Crippen LogP contribution is 2.12. The van der Waals surface area contributed by atoms with Crippen LogP contribution >= 0.6 is 0 Å². The van der Waals surface area contributed by atoms with E-state index >= 15 is 0 Å². The summed E-state index contributed by atoms with van der Waals surface area (Å²) in [4.78, 5) is 22.7. The third kappa shape index (κ3) is 7.66. The average Bonchev–Trinajstić information content (AvgIpc) is 2.33. The van der Waals surface area contributed by atoms with Crippen molar-refractivity contribution in [2.75, 3.05) is 19.8 Å². The lowest BCUT2D eigenvalue weighted by Crippen LogP contribution is -2.55. The van der Waals surface area contributed by atoms with Gasteiger partial charge in [-0.25, -0.2) is 9.59 Å². The van der Waals surface area contributed by atoms with Crippen molar-refractivity contribution in [3.63, 3.8) is 0 Å². The van der Waals surface area contributed by atoms with Crippen LogP contribution in [0.25, 0.3) is 0 Å². The maximum absolute atomic E-state index is 11.6. The van der Waals surface area contributed by atoms with E-state index in [1.165, 1.54) is 6.92 Å². The molecule has 1 atom stereocenters. The zero-order chi connectivity index (χ0) is 14.7. The van der Waals surface area contributed by atoms with E-state index in [0.29, 0.717) is 32.4 Å². The standard InChI is InChI=1S/C13H26N2O4/c1-4-7-13(3,11(16)17)15-12(18)14-8-6-10-19-9-5-2/h4-10H2,1-3H3,(H,16,17)(H2,14,15,18). The van der Waals surface area contributed by atoms with Gasteiger partial charge in [-0.3, -0.25) is 0 Å². The SMILES string of the molecule is CCCOCCCNC(=O)NC(C)(CCC)C(=O)O. The van der Waals surface area contributed by atoms with Gasteiger partial charge in [-0.05, 0) is 26.2 Å². The van der Waals surface area contributed by atoms with E-state index in [1.54, 1.807) is 0 Å². The fraction of sp³-hybridized carbons (Fsp3) is 0.846. The lowest BCUT2D eigenvalue weighted by Gasteiger charge is -2.25. The second kappa shape index (κ2) is 9.61. The molecule has 0 radical (unpaired) electrons. The first kappa shape index (κ1) is 17.7. The highest BCUT2D eigenvalue weighted by atomic mass is 16.5. The highest BCUT2D eigenvalue weighted by molar-refractivity contribution is 5.85. The summed E-state index contributed by atoms with van der Waals surface area (Å²) in [5, 5.41) is 14.3. The van der Waals surface area contributed by atoms with Crippen LogP contribution in [-0.2, 0) is 9.53 Å². The predicted molar refractivity (Wildman–Crippen MR) is 73.2 cm³/mol. The number of urea groups is 1. The van der Waals surface area contributed by atoms with Gasteiger partial charge in [0.25, 0.3) is 0 Å². The van der Waals surface area contributed by atoms with E-state index in [0.717, 1.165) is 13.0 Å². The van der Waals surface area contributed by atoms with Gasteiger partial charge in [0.05, 0.1) is 0 Å². The molecular weight excluding hydrogens is 248 g/mol. The van der Waals surface area contributed by atoms with E-state index in [-0.39, 0.29) is 0 Å². The normalized spacial score (nSPS) is 13.6. The minimum absolute atomic E-state index is 0.398. The number of hydrogen-bond donors (Lipinski definition) is 3. The molecule has 0 heterocycles. The van der Waals surface area contributed by atoms with Gasteiger partial charge in [0.1, 0.15) is 5.54 Å². The molecular formula is C13H26N2O4. The van der Waals surface area contributed by atoms with Crippen molar-refractivity contribution in [2.24, 2.45) is 0 Å². The van der Waals surface area contributed by atoms with Gasteiger partial charge in [0.15, 0.2) is 0 Å². The summed E-state index contributed by atoms with van der Waals surface area (Å²) in [7, 11) is 0. The van der Waals surface area contributed by atoms with Crippen LogP contribution in [-0.4, -0.2) is 42.4 Å². The summed E-state index contributed by atoms with van der Waals surface area (Å²) in [5.41, 5.74) is -1.21. The Bertz CT molecular complexity index is 284. The summed E-state index contributed by atoms with van der Waals surface area (Å²) in [6.45, 7) is 7.22. The Morgan fingerprint density at radius 3 is 2.42 bits per heavy atom. The molecule has 0 fully saturated rings. The zero-order valence-corrected chi connectivity index (χ0v) is 12.1. The summed E-state index contributed by atoms with van der Waals surface area (Å²) in [6, 6.07) is -0.450. The van der Waals surface area contributed by atoms with E-state index in [1.807, 2.05) is 13.8 Å². The molecule has 0 bridgehead atoms. The molecule has 0 aromatic rings. The van der Waals surface area contributed by atoms with E-state index in [4.69, 9.17) is 9.84 Å². The lowest BCUT2D eigenvalue weighted by atomic mass is 9.97. The molecule has 2 amide bonds. The van der Waals surface area contributed by atoms with Crippen molar-refractivity contribution in [3.8, 4) is 0 Å². The molecule has 0 aromatic heterocycles. The number of amides is 2. The zero-order valence-electron chi connectivity index (χ0n) is 12.1. The Kier molecular flexibility index (Phi) is 8.95. The Labute approximate surface area is 114 Å². The second-order valence-electron chi connectivity index (χ2n) is 4.73. The molecule has 0 aliphatic rings. The molecule has 1 unspecified atom stereocenters. The topological polar surface area (TPSA) is 87.7 Å². The number of aliphatic carboxylic acids is 1. The first-order chi connectivity index (χ1) is 8.96. The van der Waals surface area contributed by atoms with Crippen molar-refractivity contribution >= 4 is 12.0 Å². The number of carboxylic acid groups (broad SMARTS) is 1. The minimum atomic E-state index is -1.21. The minimum Gasteiger partial charge on any atom is -0.480 e. The number of carboxylic acids is 1. The van der Waals surface area contributed by atoms with Gasteiger partial charge >= 0.3 is 12.0 Å². The van der Waals surface area contributed by atoms with Crippen LogP contribution in [0.1, 0.15) is 46.5 Å². The summed E-state index contributed by atoms with van der Waals surface area (Å²) < 4.78 is 5.28. The maximum Gasteiger partial charge on any atom is 0.329 e. The smallest absolute Gasteiger partial charge is 0.329 e. The molecule has 0 saturated heterocycles. The van der Waals surface area contributed by atoms with Crippen LogP contribution in [0.3, 0.4) is 0 Å². The van der Waals surface area contributed by atoms with Crippen molar-refractivity contribution in [3.05, 3.63) is 0 Å². The van der Waals surface area contributed by atoms with E-state index in [9.17, 15) is 9.59 Å². The average molecular weight is 274 g/mol. The first-order valence-corrected chi connectivity index (χ1v) is 6.83. The number of ether oxygens (including phenoxy) is 1. The molecule has 19 heavy (non-hydrogen) atoms. The Morgan fingerprint density at radius 2 is 1.89 bits per heavy atom. The number of carbonyl (C=O) groups is 2. The molecule has 3 N–H and O–H groups in total. The number of rotatable bonds is 10. The molecule has 0 spiro atoms. The molecule has 112 valence electrons. The van der Waals surface area contributed by atoms with Crippen LogP contribution in [0.2, 0.25) is 0 Å². The Hall–Kier alpha value is -1.30. The van der Waals surface area contributed by atoms with Crippen molar-refractivity contribution < 1.29 is 19.4 Å². The van der Waals surface area contributed by atoms with Gasteiger partial charge < -0.3 is 20.5 Å². The predicted octanol–water partition coefficient (Wildman–Crippen LogP) is 1.75. The van der Waals surface area contributed by atoms with Crippen molar-refractivity contribution in [1.82, 2.24) is 10.6 Å². The molecule has 0 rings (SSSR count). The van der Waals surface area contributed by atoms with Gasteiger partial charge in [0, 0.05) is 19.8 Å². The summed E-state index contributed by atoms with van der Waals surface area (Å²) >= 11 is 0. The van der Waals surface area contributed by atoms with E-state index in [2.05, 4.69) is 10.6 Å². The molecule has 6 nitrogen and oxygen atoms in total. The van der Waals surface area contributed by atoms with Crippen LogP contribution < -0.4 is 10.6 Å². The molecule has 6 heteroatoms. The van der Waals surface area contributed by atoms with Crippen molar-refractivity contribution in [2.45, 2.75) is 52.0 Å². The first-order valence-electron chi connectivity index (χ1n) is 6.83. The largest absolute Gasteiger partial charge is 0.480 e. The Balaban J connectivity index is 3.91. The maximum atomic E-state index is 11.6. The van der Waals surface area contributed by atoms with Crippen LogP contribution in [0.4, 0.5) is 4.79 Å². The fourth-order valence-corrected chi connectivity index (χ4v) is 1.64. The quantitative estimate of drug-likeness (QED) is 0.530. The van der Waals surface area contributed by atoms with Gasteiger partial charge in [-0.15, -0.1) is 0 Å². The molecule has 0 aromatic carbocycles. The fourth-order valence-electron chi connectivity index (χ4n) is 1.64. The third-order valence-corrected chi connectivity index (χ3v) is 2.71. The van der Waals surface area contributed by atoms with Gasteiger partial charge in [-0.1, -0.05) is 20.3 Å². The molecule has 0 aliphatic heterocycles. The van der Waals surface area contributed by atoms with Gasteiger partial charge in [-0.2, -0.15) is 0 Å². The second-order valence-corrected chi connectivity index (χ2v) is 4.73. The van der Waals surface area contributed by atoms with Gasteiger partial charge in [0.2, 0.25) is 0 Å². The summed E-state index contributed by atoms with van der Waals surface area (Å²) in [5.74, 6) is -1.02. The monoisotopic (exact) mass is 274 g/mol.